The van der Waals surface area contributed by atoms with Gasteiger partial charge >= 0.3 is 0 Å². The fourth-order valence-electron chi connectivity index (χ4n) is 23.9. The van der Waals surface area contributed by atoms with Crippen LogP contribution in [0.2, 0.25) is 0 Å². The zero-order chi connectivity index (χ0) is 87.9. The summed E-state index contributed by atoms with van der Waals surface area (Å²) in [5.41, 5.74) is 34.5. The summed E-state index contributed by atoms with van der Waals surface area (Å²) < 4.78 is 0. The van der Waals surface area contributed by atoms with E-state index < -0.39 is 10.8 Å². The van der Waals surface area contributed by atoms with Crippen LogP contribution >= 0.6 is 0 Å². The third-order valence-electron chi connectivity index (χ3n) is 29.6. The normalized spacial score (nSPS) is 13.1. The maximum atomic E-state index is 5.66. The van der Waals surface area contributed by atoms with E-state index in [1.54, 1.807) is 0 Å². The Morgan fingerprint density at radius 1 is 0.147 bits per heavy atom. The summed E-state index contributed by atoms with van der Waals surface area (Å²) in [6.07, 6.45) is 0. The lowest BCUT2D eigenvalue weighted by molar-refractivity contribution is 0.754. The van der Waals surface area contributed by atoms with Crippen molar-refractivity contribution in [3.8, 4) is 78.1 Å². The Hall–Kier alpha value is -17.4. The van der Waals surface area contributed by atoms with Crippen molar-refractivity contribution >= 4 is 142 Å². The molecule has 4 nitrogen and oxygen atoms in total. The van der Waals surface area contributed by atoms with Gasteiger partial charge in [0.1, 0.15) is 0 Å². The molecule has 23 aromatic carbocycles. The van der Waals surface area contributed by atoms with Gasteiger partial charge in [-0.1, -0.05) is 409 Å². The SMILES string of the molecule is C.C.c1ccc(-c2nc3cc(-c4cccc(-c5ccc6c7ccccc7c7ccccc7c6c5)c4)ccc3c3cc4c(cc23)N(c2ccccc2)c2ccccc2C42c3ccccc3-c3ccccc32)cc1.c1ccc(N2c3ccccc3C3(c4ccccc4-c4ccccc43)c3cc4c(cc32)c(-c2ccc(-c3ccc5c6ccccc6c6ccccc6c5c3)cc2)nc2ccccc24)cc1. The first-order chi connectivity index (χ1) is 66.5. The molecule has 0 N–H and O–H groups in total. The van der Waals surface area contributed by atoms with E-state index >= 15 is 0 Å². The molecule has 0 radical (unpaired) electrons. The molecule has 4 heterocycles. The number of hydrogen-bond acceptors (Lipinski definition) is 4. The molecule has 0 fully saturated rings. The van der Waals surface area contributed by atoms with Crippen molar-refractivity contribution in [3.05, 3.63) is 530 Å². The van der Waals surface area contributed by atoms with Gasteiger partial charge in [-0.25, -0.2) is 9.97 Å². The molecule has 25 aromatic rings. The maximum Gasteiger partial charge on any atom is 0.0788 e. The molecule has 0 saturated carbocycles. The third kappa shape index (κ3) is 11.6. The molecule has 2 aromatic heterocycles. The van der Waals surface area contributed by atoms with Crippen molar-refractivity contribution in [3.63, 3.8) is 0 Å². The van der Waals surface area contributed by atoms with Crippen LogP contribution in [0.4, 0.5) is 34.1 Å². The summed E-state index contributed by atoms with van der Waals surface area (Å²) in [5, 5.41) is 22.3. The molecule has 4 aliphatic rings. The van der Waals surface area contributed by atoms with Crippen LogP contribution in [-0.4, -0.2) is 9.97 Å². The van der Waals surface area contributed by atoms with Gasteiger partial charge in [0, 0.05) is 44.0 Å². The van der Waals surface area contributed by atoms with Crippen molar-refractivity contribution in [2.75, 3.05) is 9.80 Å². The van der Waals surface area contributed by atoms with Gasteiger partial charge in [-0.15, -0.1) is 0 Å². The Morgan fingerprint density at radius 2 is 0.419 bits per heavy atom. The van der Waals surface area contributed by atoms with Crippen LogP contribution in [0.1, 0.15) is 59.4 Å². The van der Waals surface area contributed by atoms with E-state index in [0.29, 0.717) is 0 Å². The Labute approximate surface area is 789 Å². The fourth-order valence-corrected chi connectivity index (χ4v) is 23.9. The molecule has 636 valence electrons. The number of fused-ring (bicyclic) bond motifs is 36. The quantitative estimate of drug-likeness (QED) is 0.149. The van der Waals surface area contributed by atoms with Crippen LogP contribution in [0, 0.1) is 0 Å². The summed E-state index contributed by atoms with van der Waals surface area (Å²) in [7, 11) is 0. The Kier molecular flexibility index (Phi) is 18.2. The smallest absolute Gasteiger partial charge is 0.0788 e. The van der Waals surface area contributed by atoms with Gasteiger partial charge in [0.05, 0.1) is 56.0 Å². The molecule has 0 unspecified atom stereocenters. The number of pyridine rings is 2. The molecule has 29 rings (SSSR count). The highest BCUT2D eigenvalue weighted by Crippen LogP contribution is 2.67. The fraction of sp³-hybridized carbons (Fsp3) is 0.0303. The zero-order valence-electron chi connectivity index (χ0n) is 73.0. The molecule has 136 heavy (non-hydrogen) atoms. The van der Waals surface area contributed by atoms with Gasteiger partial charge in [0.15, 0.2) is 0 Å². The number of rotatable bonds is 7. The van der Waals surface area contributed by atoms with Crippen LogP contribution in [0.3, 0.4) is 0 Å². The predicted octanol–water partition coefficient (Wildman–Crippen LogP) is 35.6. The van der Waals surface area contributed by atoms with Gasteiger partial charge in [-0.3, -0.25) is 0 Å². The van der Waals surface area contributed by atoms with Crippen LogP contribution in [0.25, 0.3) is 186 Å². The van der Waals surface area contributed by atoms with E-state index in [0.717, 1.165) is 89.0 Å². The number of aromatic nitrogens is 2. The van der Waals surface area contributed by atoms with Gasteiger partial charge < -0.3 is 9.80 Å². The summed E-state index contributed by atoms with van der Waals surface area (Å²) in [4.78, 5) is 16.1. The second kappa shape index (κ2) is 31.1. The second-order valence-corrected chi connectivity index (χ2v) is 36.3. The lowest BCUT2D eigenvalue weighted by Crippen LogP contribution is -2.36. The minimum atomic E-state index is -0.566. The topological polar surface area (TPSA) is 32.3 Å². The average molecular weight is 1730 g/mol. The van der Waals surface area contributed by atoms with Gasteiger partial charge in [0.25, 0.3) is 0 Å². The summed E-state index contributed by atoms with van der Waals surface area (Å²) in [6, 6.07) is 180. The molecule has 2 spiro atoms. The first kappa shape index (κ1) is 79.5. The highest BCUT2D eigenvalue weighted by Gasteiger charge is 2.54. The molecule has 0 bridgehead atoms. The second-order valence-electron chi connectivity index (χ2n) is 36.3. The monoisotopic (exact) mass is 1730 g/mol. The molecule has 0 saturated heterocycles. The first-order valence-electron chi connectivity index (χ1n) is 46.5. The van der Waals surface area contributed by atoms with Gasteiger partial charge in [-0.05, 0) is 267 Å². The van der Waals surface area contributed by atoms with Gasteiger partial charge in [-0.2, -0.15) is 0 Å². The standard InChI is InChI=1S/C68H42N2.C62H38N2.2CH4/c1-3-18-43(19-4-1)67-59-42-66-63(68(60-30-13-11-28-54(60)55-29-12-14-31-61(55)68)62-32-15-16-33-65(62)70(66)48-22-5-2-6-23-48)41-58(59)56-37-35-47(40-64(56)69-67)45-21-17-20-44(38-45)46-34-36-53-51-26-8-7-24-49(51)50-25-9-10-27-52(50)57(53)39-46;1-2-16-42(17-3-1)64-59-29-15-13-27-56(59)62(54-25-11-8-22-48(54)49-23-9-12-26-55(49)62)57-37-52-50-24-10-14-28-58(50)63-61(53(52)38-60(57)64)40-32-30-39(31-33-40)41-34-35-47-45-20-5-4-18-43(45)44-19-6-7-21-46(44)51(47)36-41;;/h1-42H;1-38H;2*1H4. The number of para-hydroxylation sites is 5. The van der Waals surface area contributed by atoms with Crippen molar-refractivity contribution in [2.24, 2.45) is 0 Å². The maximum absolute atomic E-state index is 5.66. The Bertz CT molecular complexity index is 9120. The number of anilines is 6. The Morgan fingerprint density at radius 3 is 0.846 bits per heavy atom. The largest absolute Gasteiger partial charge is 0.310 e. The minimum Gasteiger partial charge on any atom is -0.310 e. The summed E-state index contributed by atoms with van der Waals surface area (Å²) >= 11 is 0. The van der Waals surface area contributed by atoms with E-state index in [-0.39, 0.29) is 14.9 Å². The van der Waals surface area contributed by atoms with Crippen molar-refractivity contribution in [2.45, 2.75) is 25.7 Å². The number of nitrogens with zero attached hydrogens (tertiary/aromatic N) is 4. The summed E-state index contributed by atoms with van der Waals surface area (Å²) in [5.74, 6) is 0. The van der Waals surface area contributed by atoms with Crippen molar-refractivity contribution in [1.29, 1.82) is 0 Å². The molecule has 0 atom stereocenters. The third-order valence-corrected chi connectivity index (χ3v) is 29.6. The minimum absolute atomic E-state index is 0. The van der Waals surface area contributed by atoms with Crippen molar-refractivity contribution < 1.29 is 0 Å². The average Bonchev–Trinajstić information content (AvgIpc) is 1.30. The molecule has 0 amide bonds. The van der Waals surface area contributed by atoms with E-state index in [1.807, 2.05) is 0 Å². The Balaban J connectivity index is 0.000000140. The van der Waals surface area contributed by atoms with Crippen LogP contribution in [0.5, 0.6) is 0 Å². The lowest BCUT2D eigenvalue weighted by Gasteiger charge is -2.45. The van der Waals surface area contributed by atoms with Crippen molar-refractivity contribution in [1.82, 2.24) is 9.97 Å². The molecular formula is C132H88N4. The lowest BCUT2D eigenvalue weighted by atomic mass is 9.64. The van der Waals surface area contributed by atoms with E-state index in [2.05, 4.69) is 495 Å². The molecule has 2 aliphatic heterocycles. The molecule has 2 aliphatic carbocycles. The number of benzene rings is 23. The van der Waals surface area contributed by atoms with E-state index in [4.69, 9.17) is 9.97 Å². The predicted molar refractivity (Wildman–Crippen MR) is 575 cm³/mol. The number of hydrogen-bond donors (Lipinski definition) is 0. The molecular weight excluding hydrogens is 1640 g/mol. The highest BCUT2D eigenvalue weighted by molar-refractivity contribution is 6.28. The van der Waals surface area contributed by atoms with Crippen LogP contribution < -0.4 is 9.80 Å². The first-order valence-corrected chi connectivity index (χ1v) is 46.5. The van der Waals surface area contributed by atoms with Crippen LogP contribution in [0.15, 0.2) is 485 Å². The van der Waals surface area contributed by atoms with E-state index in [9.17, 15) is 0 Å². The highest BCUT2D eigenvalue weighted by atomic mass is 15.2. The zero-order valence-corrected chi connectivity index (χ0v) is 73.0. The summed E-state index contributed by atoms with van der Waals surface area (Å²) in [6.45, 7) is 0. The van der Waals surface area contributed by atoms with Gasteiger partial charge in [0.2, 0.25) is 0 Å². The van der Waals surface area contributed by atoms with Crippen LogP contribution in [-0.2, 0) is 10.8 Å². The van der Waals surface area contributed by atoms with E-state index in [1.165, 1.54) is 176 Å². The molecule has 4 heteroatoms.